The third-order valence-corrected chi connectivity index (χ3v) is 2.80. The Balaban J connectivity index is 2.39. The molecule has 2 aromatic rings. The van der Waals surface area contributed by atoms with Gasteiger partial charge in [0.05, 0.1) is 16.9 Å². The fraction of sp³-hybridized carbons (Fsp3) is 0.133. The first-order valence-electron chi connectivity index (χ1n) is 5.96. The van der Waals surface area contributed by atoms with Crippen molar-refractivity contribution in [1.29, 1.82) is 10.5 Å². The second-order valence-electron chi connectivity index (χ2n) is 4.13. The van der Waals surface area contributed by atoms with Crippen LogP contribution in [-0.2, 0) is 0 Å². The lowest BCUT2D eigenvalue weighted by molar-refractivity contribution is 0.541. The van der Waals surface area contributed by atoms with Crippen molar-refractivity contribution in [3.8, 4) is 23.6 Å². The molecule has 2 rings (SSSR count). The number of oxazole rings is 1. The standard InChI is InChI=1S/C15H12N4O/c1-10-11(2)20-15(19-10)13-5-3-4-6-14(13)18-9-12(7-16)8-17/h3-6,9,18H,1-2H3. The minimum atomic E-state index is -0.000400. The zero-order valence-electron chi connectivity index (χ0n) is 11.1. The van der Waals surface area contributed by atoms with Crippen molar-refractivity contribution in [1.82, 2.24) is 4.98 Å². The maximum Gasteiger partial charge on any atom is 0.228 e. The molecule has 0 aliphatic carbocycles. The first kappa shape index (κ1) is 13.4. The van der Waals surface area contributed by atoms with Crippen LogP contribution in [0.3, 0.4) is 0 Å². The van der Waals surface area contributed by atoms with Gasteiger partial charge in [0.15, 0.2) is 0 Å². The largest absolute Gasteiger partial charge is 0.441 e. The van der Waals surface area contributed by atoms with Gasteiger partial charge >= 0.3 is 0 Å². The maximum absolute atomic E-state index is 8.72. The summed E-state index contributed by atoms with van der Waals surface area (Å²) in [6.07, 6.45) is 1.36. The van der Waals surface area contributed by atoms with Gasteiger partial charge in [-0.05, 0) is 26.0 Å². The highest BCUT2D eigenvalue weighted by Gasteiger charge is 2.11. The van der Waals surface area contributed by atoms with E-state index in [0.29, 0.717) is 5.89 Å². The molecular weight excluding hydrogens is 252 g/mol. The van der Waals surface area contributed by atoms with Crippen molar-refractivity contribution in [2.24, 2.45) is 0 Å². The van der Waals surface area contributed by atoms with Gasteiger partial charge < -0.3 is 9.73 Å². The summed E-state index contributed by atoms with van der Waals surface area (Å²) in [6, 6.07) is 11.0. The highest BCUT2D eigenvalue weighted by Crippen LogP contribution is 2.28. The number of benzene rings is 1. The van der Waals surface area contributed by atoms with Gasteiger partial charge in [-0.15, -0.1) is 0 Å². The van der Waals surface area contributed by atoms with Crippen molar-refractivity contribution >= 4 is 5.69 Å². The molecule has 0 spiro atoms. The molecule has 1 aromatic carbocycles. The average molecular weight is 264 g/mol. The fourth-order valence-corrected chi connectivity index (χ4v) is 1.62. The Labute approximate surface area is 116 Å². The van der Waals surface area contributed by atoms with Crippen LogP contribution in [0.1, 0.15) is 11.5 Å². The summed E-state index contributed by atoms with van der Waals surface area (Å²) in [5, 5.41) is 20.4. The molecular formula is C15H12N4O. The molecule has 0 aliphatic heterocycles. The number of nitrogens with one attached hydrogen (secondary N) is 1. The number of allylic oxidation sites excluding steroid dienone is 1. The van der Waals surface area contributed by atoms with Gasteiger partial charge in [-0.2, -0.15) is 10.5 Å². The Morgan fingerprint density at radius 2 is 1.95 bits per heavy atom. The highest BCUT2D eigenvalue weighted by molar-refractivity contribution is 5.73. The van der Waals surface area contributed by atoms with E-state index in [1.54, 1.807) is 12.1 Å². The first-order chi connectivity index (χ1) is 9.65. The number of aryl methyl sites for hydroxylation is 2. The number of hydrogen-bond acceptors (Lipinski definition) is 5. The van der Waals surface area contributed by atoms with Crippen LogP contribution in [0.25, 0.3) is 11.5 Å². The smallest absolute Gasteiger partial charge is 0.228 e. The van der Waals surface area contributed by atoms with E-state index >= 15 is 0 Å². The quantitative estimate of drug-likeness (QED) is 0.859. The second-order valence-corrected chi connectivity index (χ2v) is 4.13. The number of para-hydroxylation sites is 1. The Bertz CT molecular complexity index is 708. The lowest BCUT2D eigenvalue weighted by Gasteiger charge is -2.05. The molecule has 5 nitrogen and oxygen atoms in total. The molecule has 0 unspecified atom stereocenters. The molecule has 1 aromatic heterocycles. The lowest BCUT2D eigenvalue weighted by Crippen LogP contribution is -1.93. The third-order valence-electron chi connectivity index (χ3n) is 2.80. The molecule has 0 fully saturated rings. The van der Waals surface area contributed by atoms with Crippen molar-refractivity contribution in [2.45, 2.75) is 13.8 Å². The predicted octanol–water partition coefficient (Wildman–Crippen LogP) is 3.30. The van der Waals surface area contributed by atoms with Crippen LogP contribution in [0.15, 0.2) is 40.5 Å². The van der Waals surface area contributed by atoms with Crippen LogP contribution in [0.2, 0.25) is 0 Å². The summed E-state index contributed by atoms with van der Waals surface area (Å²) in [5.74, 6) is 1.27. The molecule has 98 valence electrons. The molecule has 1 heterocycles. The highest BCUT2D eigenvalue weighted by atomic mass is 16.4. The van der Waals surface area contributed by atoms with Crippen LogP contribution in [0.5, 0.6) is 0 Å². The van der Waals surface area contributed by atoms with E-state index < -0.39 is 0 Å². The van der Waals surface area contributed by atoms with E-state index in [0.717, 1.165) is 22.7 Å². The van der Waals surface area contributed by atoms with E-state index in [-0.39, 0.29) is 5.57 Å². The van der Waals surface area contributed by atoms with Crippen molar-refractivity contribution in [3.63, 3.8) is 0 Å². The fourth-order valence-electron chi connectivity index (χ4n) is 1.62. The lowest BCUT2D eigenvalue weighted by atomic mass is 10.1. The second kappa shape index (κ2) is 5.73. The summed E-state index contributed by atoms with van der Waals surface area (Å²) < 4.78 is 5.60. The molecule has 0 aliphatic rings. The van der Waals surface area contributed by atoms with Crippen molar-refractivity contribution in [2.75, 3.05) is 5.32 Å². The van der Waals surface area contributed by atoms with Gasteiger partial charge in [-0.3, -0.25) is 0 Å². The first-order valence-corrected chi connectivity index (χ1v) is 5.96. The molecule has 20 heavy (non-hydrogen) atoms. The number of nitrogens with zero attached hydrogens (tertiary/aromatic N) is 3. The van der Waals surface area contributed by atoms with Gasteiger partial charge in [0.1, 0.15) is 23.5 Å². The third kappa shape index (κ3) is 2.68. The van der Waals surface area contributed by atoms with E-state index in [1.807, 2.05) is 38.1 Å². The predicted molar refractivity (Wildman–Crippen MR) is 74.3 cm³/mol. The average Bonchev–Trinajstić information content (AvgIpc) is 2.80. The van der Waals surface area contributed by atoms with Crippen LogP contribution in [0.4, 0.5) is 5.69 Å². The number of nitriles is 2. The molecule has 5 heteroatoms. The zero-order chi connectivity index (χ0) is 14.5. The van der Waals surface area contributed by atoms with Gasteiger partial charge in [-0.1, -0.05) is 12.1 Å². The van der Waals surface area contributed by atoms with Gasteiger partial charge in [0.25, 0.3) is 0 Å². The number of anilines is 1. The van der Waals surface area contributed by atoms with Gasteiger partial charge in [0, 0.05) is 6.20 Å². The number of hydrogen-bond donors (Lipinski definition) is 1. The Hall–Kier alpha value is -3.05. The topological polar surface area (TPSA) is 85.6 Å². The molecule has 0 bridgehead atoms. The SMILES string of the molecule is Cc1nc(-c2ccccc2NC=C(C#N)C#N)oc1C. The molecule has 0 atom stereocenters. The molecule has 1 N–H and O–H groups in total. The van der Waals surface area contributed by atoms with Crippen LogP contribution < -0.4 is 5.32 Å². The molecule has 0 saturated heterocycles. The summed E-state index contributed by atoms with van der Waals surface area (Å²) in [4.78, 5) is 4.35. The number of rotatable bonds is 3. The Morgan fingerprint density at radius 3 is 2.55 bits per heavy atom. The Kier molecular flexibility index (Phi) is 3.83. The summed E-state index contributed by atoms with van der Waals surface area (Å²) >= 11 is 0. The van der Waals surface area contributed by atoms with E-state index in [2.05, 4.69) is 10.3 Å². The van der Waals surface area contributed by atoms with Gasteiger partial charge in [-0.25, -0.2) is 4.98 Å². The van der Waals surface area contributed by atoms with Crippen LogP contribution in [-0.4, -0.2) is 4.98 Å². The monoisotopic (exact) mass is 264 g/mol. The maximum atomic E-state index is 8.72. The summed E-state index contributed by atoms with van der Waals surface area (Å²) in [6.45, 7) is 3.73. The van der Waals surface area contributed by atoms with E-state index in [9.17, 15) is 0 Å². The normalized spacial score (nSPS) is 9.40. The molecule has 0 radical (unpaired) electrons. The van der Waals surface area contributed by atoms with E-state index in [1.165, 1.54) is 6.20 Å². The molecule has 0 saturated carbocycles. The zero-order valence-corrected chi connectivity index (χ0v) is 11.1. The van der Waals surface area contributed by atoms with E-state index in [4.69, 9.17) is 14.9 Å². The van der Waals surface area contributed by atoms with Crippen LogP contribution >= 0.6 is 0 Å². The Morgan fingerprint density at radius 1 is 1.25 bits per heavy atom. The minimum absolute atomic E-state index is 0.000400. The van der Waals surface area contributed by atoms with Crippen molar-refractivity contribution < 1.29 is 4.42 Å². The number of aromatic nitrogens is 1. The molecule has 0 amide bonds. The van der Waals surface area contributed by atoms with Crippen molar-refractivity contribution in [3.05, 3.63) is 47.5 Å². The summed E-state index contributed by atoms with van der Waals surface area (Å²) in [7, 11) is 0. The summed E-state index contributed by atoms with van der Waals surface area (Å²) in [5.41, 5.74) is 2.33. The van der Waals surface area contributed by atoms with Crippen LogP contribution in [0, 0.1) is 36.5 Å². The minimum Gasteiger partial charge on any atom is -0.441 e. The van der Waals surface area contributed by atoms with Gasteiger partial charge in [0.2, 0.25) is 5.89 Å².